The van der Waals surface area contributed by atoms with E-state index in [0.29, 0.717) is 31.6 Å². The van der Waals surface area contributed by atoms with Crippen molar-refractivity contribution in [1.82, 2.24) is 4.31 Å². The van der Waals surface area contributed by atoms with Gasteiger partial charge < -0.3 is 5.11 Å². The third kappa shape index (κ3) is 3.94. The Balaban J connectivity index is 1.89. The minimum Gasteiger partial charge on any atom is -0.481 e. The van der Waals surface area contributed by atoms with E-state index in [1.54, 1.807) is 12.1 Å². The van der Waals surface area contributed by atoms with E-state index in [-0.39, 0.29) is 6.42 Å². The molecule has 1 saturated heterocycles. The van der Waals surface area contributed by atoms with E-state index < -0.39 is 16.2 Å². The molecule has 0 radical (unpaired) electrons. The summed E-state index contributed by atoms with van der Waals surface area (Å²) >= 11 is 0. The topological polar surface area (TPSA) is 86.7 Å². The first-order valence-electron chi connectivity index (χ1n) is 6.56. The van der Waals surface area contributed by atoms with Crippen molar-refractivity contribution in [2.75, 3.05) is 17.8 Å². The lowest BCUT2D eigenvalue weighted by Gasteiger charge is -2.29. The Hall–Kier alpha value is -1.60. The quantitative estimate of drug-likeness (QED) is 0.798. The van der Waals surface area contributed by atoms with Crippen LogP contribution in [0.15, 0.2) is 24.3 Å². The molecule has 20 heavy (non-hydrogen) atoms. The van der Waals surface area contributed by atoms with Gasteiger partial charge in [0.05, 0.1) is 0 Å². The first kappa shape index (κ1) is 14.8. The van der Waals surface area contributed by atoms with Crippen molar-refractivity contribution in [2.24, 2.45) is 0 Å². The molecule has 7 heteroatoms. The molecule has 0 aromatic heterocycles. The first-order chi connectivity index (χ1) is 9.47. The predicted octanol–water partition coefficient (Wildman–Crippen LogP) is 1.46. The highest BCUT2D eigenvalue weighted by Crippen LogP contribution is 2.17. The lowest BCUT2D eigenvalue weighted by atomic mass is 10.1. The van der Waals surface area contributed by atoms with E-state index in [2.05, 4.69) is 4.72 Å². The fourth-order valence-corrected chi connectivity index (χ4v) is 3.23. The summed E-state index contributed by atoms with van der Waals surface area (Å²) in [6.07, 6.45) is 2.30. The minimum atomic E-state index is -3.41. The molecule has 1 aromatic rings. The maximum absolute atomic E-state index is 11.9. The Kier molecular flexibility index (Phi) is 4.61. The number of carbonyl (C=O) groups is 1. The van der Waals surface area contributed by atoms with Crippen molar-refractivity contribution in [1.29, 1.82) is 0 Å². The van der Waals surface area contributed by atoms with E-state index in [1.165, 1.54) is 4.31 Å². The number of rotatable bonds is 7. The second kappa shape index (κ2) is 6.23. The molecule has 1 aliphatic heterocycles. The highest BCUT2D eigenvalue weighted by Gasteiger charge is 2.27. The highest BCUT2D eigenvalue weighted by atomic mass is 32.2. The van der Waals surface area contributed by atoms with Gasteiger partial charge in [0.1, 0.15) is 0 Å². The van der Waals surface area contributed by atoms with E-state index in [0.717, 1.165) is 12.0 Å². The lowest BCUT2D eigenvalue weighted by molar-refractivity contribution is -0.137. The van der Waals surface area contributed by atoms with Gasteiger partial charge in [0, 0.05) is 25.2 Å². The van der Waals surface area contributed by atoms with Gasteiger partial charge >= 0.3 is 16.2 Å². The standard InChI is InChI=1S/C13H18N2O4S/c16-13(17)4-1-3-11-5-7-12(8-6-11)14-20(18,19)15-9-2-10-15/h5-8,14H,1-4,9-10H2,(H,16,17). The van der Waals surface area contributed by atoms with Gasteiger partial charge in [-0.1, -0.05) is 12.1 Å². The van der Waals surface area contributed by atoms with Crippen LogP contribution in [0.1, 0.15) is 24.8 Å². The molecule has 0 atom stereocenters. The van der Waals surface area contributed by atoms with Gasteiger partial charge in [-0.15, -0.1) is 0 Å². The van der Waals surface area contributed by atoms with Crippen molar-refractivity contribution in [3.05, 3.63) is 29.8 Å². The number of hydrogen-bond acceptors (Lipinski definition) is 3. The second-order valence-corrected chi connectivity index (χ2v) is 6.47. The number of carboxylic acid groups (broad SMARTS) is 1. The van der Waals surface area contributed by atoms with Gasteiger partial charge in [0.2, 0.25) is 0 Å². The molecule has 1 aliphatic rings. The van der Waals surface area contributed by atoms with Crippen LogP contribution in [0.3, 0.4) is 0 Å². The molecule has 0 amide bonds. The van der Waals surface area contributed by atoms with Crippen molar-refractivity contribution in [3.63, 3.8) is 0 Å². The van der Waals surface area contributed by atoms with Gasteiger partial charge in [-0.3, -0.25) is 9.52 Å². The average Bonchev–Trinajstić information content (AvgIpc) is 2.27. The van der Waals surface area contributed by atoms with Crippen LogP contribution in [0.25, 0.3) is 0 Å². The lowest BCUT2D eigenvalue weighted by Crippen LogP contribution is -2.45. The molecular formula is C13H18N2O4S. The van der Waals surface area contributed by atoms with Crippen LogP contribution in [0.4, 0.5) is 5.69 Å². The van der Waals surface area contributed by atoms with Crippen molar-refractivity contribution in [3.8, 4) is 0 Å². The van der Waals surface area contributed by atoms with Crippen molar-refractivity contribution >= 4 is 21.9 Å². The second-order valence-electron chi connectivity index (χ2n) is 4.80. The molecule has 0 spiro atoms. The summed E-state index contributed by atoms with van der Waals surface area (Å²) < 4.78 is 27.6. The Morgan fingerprint density at radius 2 is 1.90 bits per heavy atom. The summed E-state index contributed by atoms with van der Waals surface area (Å²) in [6.45, 7) is 1.14. The Labute approximate surface area is 118 Å². The molecule has 0 saturated carbocycles. The summed E-state index contributed by atoms with van der Waals surface area (Å²) in [5, 5.41) is 8.56. The smallest absolute Gasteiger partial charge is 0.303 e. The zero-order valence-corrected chi connectivity index (χ0v) is 11.9. The summed E-state index contributed by atoms with van der Waals surface area (Å²) in [5.74, 6) is -0.802. The Bertz CT molecular complexity index is 565. The molecule has 0 bridgehead atoms. The van der Waals surface area contributed by atoms with Crippen LogP contribution in [-0.4, -0.2) is 36.9 Å². The molecular weight excluding hydrogens is 280 g/mol. The van der Waals surface area contributed by atoms with Crippen molar-refractivity contribution in [2.45, 2.75) is 25.7 Å². The fraction of sp³-hybridized carbons (Fsp3) is 0.462. The Morgan fingerprint density at radius 3 is 2.40 bits per heavy atom. The SMILES string of the molecule is O=C(O)CCCc1ccc(NS(=O)(=O)N2CCC2)cc1. The number of nitrogens with zero attached hydrogens (tertiary/aromatic N) is 1. The molecule has 0 aliphatic carbocycles. The van der Waals surface area contributed by atoms with Gasteiger partial charge in [-0.25, -0.2) is 0 Å². The van der Waals surface area contributed by atoms with Crippen LogP contribution < -0.4 is 4.72 Å². The van der Waals surface area contributed by atoms with Crippen LogP contribution in [0, 0.1) is 0 Å². The van der Waals surface area contributed by atoms with Crippen LogP contribution in [0.5, 0.6) is 0 Å². The highest BCUT2D eigenvalue weighted by molar-refractivity contribution is 7.90. The van der Waals surface area contributed by atoms with Gasteiger partial charge in [-0.2, -0.15) is 12.7 Å². The van der Waals surface area contributed by atoms with Gasteiger partial charge in [-0.05, 0) is 37.0 Å². The normalized spacial score (nSPS) is 15.6. The third-order valence-electron chi connectivity index (χ3n) is 3.21. The zero-order chi connectivity index (χ0) is 14.6. The molecule has 6 nitrogen and oxygen atoms in total. The van der Waals surface area contributed by atoms with Crippen LogP contribution >= 0.6 is 0 Å². The van der Waals surface area contributed by atoms with Crippen LogP contribution in [0.2, 0.25) is 0 Å². The summed E-state index contributed by atoms with van der Waals surface area (Å²) in [4.78, 5) is 10.4. The number of carboxylic acids is 1. The van der Waals surface area contributed by atoms with E-state index in [1.807, 2.05) is 12.1 Å². The van der Waals surface area contributed by atoms with Crippen LogP contribution in [-0.2, 0) is 21.4 Å². The average molecular weight is 298 g/mol. The van der Waals surface area contributed by atoms with E-state index in [9.17, 15) is 13.2 Å². The molecule has 1 heterocycles. The third-order valence-corrected chi connectivity index (χ3v) is 4.75. The number of benzene rings is 1. The Morgan fingerprint density at radius 1 is 1.25 bits per heavy atom. The number of aryl methyl sites for hydroxylation is 1. The monoisotopic (exact) mass is 298 g/mol. The zero-order valence-electron chi connectivity index (χ0n) is 11.1. The maximum atomic E-state index is 11.9. The fourth-order valence-electron chi connectivity index (χ4n) is 1.92. The molecule has 1 aromatic carbocycles. The van der Waals surface area contributed by atoms with Gasteiger partial charge in [0.25, 0.3) is 0 Å². The molecule has 110 valence electrons. The summed E-state index contributed by atoms with van der Waals surface area (Å²) in [5.41, 5.74) is 1.53. The molecule has 1 fully saturated rings. The van der Waals surface area contributed by atoms with Gasteiger partial charge in [0.15, 0.2) is 0 Å². The number of hydrogen-bond donors (Lipinski definition) is 2. The molecule has 2 rings (SSSR count). The maximum Gasteiger partial charge on any atom is 0.303 e. The summed E-state index contributed by atoms with van der Waals surface area (Å²) in [7, 11) is -3.41. The first-order valence-corrected chi connectivity index (χ1v) is 8.00. The molecule has 2 N–H and O–H groups in total. The van der Waals surface area contributed by atoms with Crippen molar-refractivity contribution < 1.29 is 18.3 Å². The number of nitrogens with one attached hydrogen (secondary N) is 1. The van der Waals surface area contributed by atoms with E-state index >= 15 is 0 Å². The number of anilines is 1. The largest absolute Gasteiger partial charge is 0.481 e. The number of aliphatic carboxylic acids is 1. The predicted molar refractivity (Wildman–Crippen MR) is 75.7 cm³/mol. The van der Waals surface area contributed by atoms with E-state index in [4.69, 9.17) is 5.11 Å². The minimum absolute atomic E-state index is 0.142. The summed E-state index contributed by atoms with van der Waals surface area (Å²) in [6, 6.07) is 7.03. The molecule has 0 unspecified atom stereocenters.